The average molecular weight is 437 g/mol. The van der Waals surface area contributed by atoms with Crippen molar-refractivity contribution >= 4 is 23.0 Å². The number of nitrogens with zero attached hydrogens (tertiary/aromatic N) is 3. The molecular weight excluding hydrogens is 412 g/mol. The summed E-state index contributed by atoms with van der Waals surface area (Å²) in [5, 5.41) is 14.4. The Balaban J connectivity index is 1.49. The smallest absolute Gasteiger partial charge is 0.271 e. The number of hydrogen-bond donors (Lipinski definition) is 1. The minimum Gasteiger partial charge on any atom is -0.494 e. The summed E-state index contributed by atoms with van der Waals surface area (Å²) in [7, 11) is 0. The summed E-state index contributed by atoms with van der Waals surface area (Å²) in [5.41, 5.74) is 6.73. The zero-order chi connectivity index (χ0) is 23.0. The molecule has 0 aliphatic rings. The molecule has 0 saturated heterocycles. The molecule has 1 amide bonds. The first-order valence-corrected chi connectivity index (χ1v) is 10.8. The molecule has 0 radical (unpaired) electrons. The largest absolute Gasteiger partial charge is 0.494 e. The monoisotopic (exact) mass is 436 g/mol. The molecule has 164 valence electrons. The molecule has 1 N–H and O–H groups in total. The summed E-state index contributed by atoms with van der Waals surface area (Å²) in [6, 6.07) is 24.8. The molecular formula is C27H24N4O2. The summed E-state index contributed by atoms with van der Waals surface area (Å²) < 4.78 is 7.66. The van der Waals surface area contributed by atoms with Crippen molar-refractivity contribution in [3.8, 4) is 11.8 Å². The molecule has 33 heavy (non-hydrogen) atoms. The van der Waals surface area contributed by atoms with Gasteiger partial charge >= 0.3 is 0 Å². The van der Waals surface area contributed by atoms with E-state index in [0.717, 1.165) is 34.2 Å². The van der Waals surface area contributed by atoms with Crippen LogP contribution < -0.4 is 10.2 Å². The van der Waals surface area contributed by atoms with Gasteiger partial charge in [-0.3, -0.25) is 4.79 Å². The number of nitrogens with one attached hydrogen (secondary N) is 1. The summed E-state index contributed by atoms with van der Waals surface area (Å²) in [6.07, 6.45) is 4.58. The third-order valence-corrected chi connectivity index (χ3v) is 5.19. The lowest BCUT2D eigenvalue weighted by Gasteiger charge is -2.05. The van der Waals surface area contributed by atoms with Crippen molar-refractivity contribution in [1.29, 1.82) is 5.26 Å². The molecule has 1 heterocycles. The number of benzene rings is 3. The Morgan fingerprint density at radius 2 is 1.94 bits per heavy atom. The highest BCUT2D eigenvalue weighted by atomic mass is 16.5. The van der Waals surface area contributed by atoms with E-state index in [-0.39, 0.29) is 5.91 Å². The van der Waals surface area contributed by atoms with Gasteiger partial charge in [-0.05, 0) is 54.4 Å². The van der Waals surface area contributed by atoms with Gasteiger partial charge in [-0.15, -0.1) is 0 Å². The number of amides is 1. The zero-order valence-electron chi connectivity index (χ0n) is 18.4. The number of fused-ring (bicyclic) bond motifs is 1. The Morgan fingerprint density at radius 1 is 1.12 bits per heavy atom. The molecule has 3 aromatic carbocycles. The van der Waals surface area contributed by atoms with Crippen LogP contribution >= 0.6 is 0 Å². The van der Waals surface area contributed by atoms with Crippen LogP contribution in [0.5, 0.6) is 5.75 Å². The number of aromatic nitrogens is 1. The van der Waals surface area contributed by atoms with Crippen molar-refractivity contribution in [3.05, 3.63) is 101 Å². The van der Waals surface area contributed by atoms with E-state index >= 15 is 0 Å². The van der Waals surface area contributed by atoms with Crippen molar-refractivity contribution < 1.29 is 9.53 Å². The van der Waals surface area contributed by atoms with E-state index < -0.39 is 0 Å². The van der Waals surface area contributed by atoms with Gasteiger partial charge in [0.05, 0.1) is 24.5 Å². The van der Waals surface area contributed by atoms with Gasteiger partial charge in [0.25, 0.3) is 5.91 Å². The molecule has 0 spiro atoms. The molecule has 1 aromatic heterocycles. The van der Waals surface area contributed by atoms with E-state index in [1.165, 1.54) is 0 Å². The van der Waals surface area contributed by atoms with Gasteiger partial charge in [0, 0.05) is 34.8 Å². The Kier molecular flexibility index (Phi) is 6.81. The maximum Gasteiger partial charge on any atom is 0.271 e. The van der Waals surface area contributed by atoms with Crippen molar-refractivity contribution in [3.63, 3.8) is 0 Å². The lowest BCUT2D eigenvalue weighted by atomic mass is 10.1. The highest BCUT2D eigenvalue weighted by Gasteiger charge is 2.09. The first kappa shape index (κ1) is 21.8. The highest BCUT2D eigenvalue weighted by molar-refractivity contribution is 6.00. The van der Waals surface area contributed by atoms with Crippen LogP contribution in [0.2, 0.25) is 0 Å². The van der Waals surface area contributed by atoms with Crippen molar-refractivity contribution in [1.82, 2.24) is 9.99 Å². The van der Waals surface area contributed by atoms with Gasteiger partial charge in [0.15, 0.2) is 0 Å². The van der Waals surface area contributed by atoms with Gasteiger partial charge in [-0.25, -0.2) is 5.43 Å². The van der Waals surface area contributed by atoms with Crippen LogP contribution in [-0.4, -0.2) is 23.3 Å². The highest BCUT2D eigenvalue weighted by Crippen LogP contribution is 2.21. The molecule has 4 aromatic rings. The molecule has 0 bridgehead atoms. The van der Waals surface area contributed by atoms with Crippen LogP contribution in [0, 0.1) is 11.3 Å². The molecule has 0 aliphatic heterocycles. The number of carbonyl (C=O) groups excluding carboxylic acids is 1. The van der Waals surface area contributed by atoms with Crippen molar-refractivity contribution in [2.45, 2.75) is 19.9 Å². The van der Waals surface area contributed by atoms with Gasteiger partial charge in [0.1, 0.15) is 5.75 Å². The van der Waals surface area contributed by atoms with E-state index in [9.17, 15) is 4.79 Å². The van der Waals surface area contributed by atoms with Crippen molar-refractivity contribution in [2.24, 2.45) is 5.10 Å². The number of nitriles is 1. The summed E-state index contributed by atoms with van der Waals surface area (Å²) in [4.78, 5) is 12.4. The van der Waals surface area contributed by atoms with Crippen LogP contribution in [0.3, 0.4) is 0 Å². The Bertz CT molecular complexity index is 1330. The minimum atomic E-state index is -0.287. The van der Waals surface area contributed by atoms with Gasteiger partial charge < -0.3 is 9.30 Å². The number of ether oxygens (including phenoxy) is 1. The third kappa shape index (κ3) is 5.28. The Hall–Kier alpha value is -4.37. The zero-order valence-corrected chi connectivity index (χ0v) is 18.4. The SMILES string of the molecule is CCCOc1ccc(C(=O)N/N=C/c2cn(Cc3cccc(C#N)c3)c3ccccc23)cc1. The molecule has 4 rings (SSSR count). The fourth-order valence-corrected chi connectivity index (χ4v) is 3.59. The number of hydrazone groups is 1. The predicted molar refractivity (Wildman–Crippen MR) is 129 cm³/mol. The maximum absolute atomic E-state index is 12.4. The van der Waals surface area contributed by atoms with Crippen molar-refractivity contribution in [2.75, 3.05) is 6.61 Å². The standard InChI is InChI=1S/C27H24N4O2/c1-2-14-33-24-12-10-22(11-13-24)27(32)30-29-17-23-19-31(26-9-4-3-8-25(23)26)18-21-7-5-6-20(15-21)16-28/h3-13,15,17,19H,2,14,18H2,1H3,(H,30,32)/b29-17+. The fraction of sp³-hybridized carbons (Fsp3) is 0.148. The second kappa shape index (κ2) is 10.3. The minimum absolute atomic E-state index is 0.287. The molecule has 0 unspecified atom stereocenters. The van der Waals surface area contributed by atoms with Crippen LogP contribution in [0.1, 0.15) is 40.4 Å². The summed E-state index contributed by atoms with van der Waals surface area (Å²) >= 11 is 0. The number of hydrogen-bond acceptors (Lipinski definition) is 4. The van der Waals surface area contributed by atoms with Crippen LogP contribution in [-0.2, 0) is 6.54 Å². The van der Waals surface area contributed by atoms with Crippen LogP contribution in [0.4, 0.5) is 0 Å². The second-order valence-electron chi connectivity index (χ2n) is 7.61. The molecule has 0 atom stereocenters. The Labute approximate surface area is 192 Å². The number of carbonyl (C=O) groups is 1. The van der Waals surface area contributed by atoms with E-state index in [1.54, 1.807) is 36.5 Å². The Morgan fingerprint density at radius 3 is 2.73 bits per heavy atom. The number of rotatable bonds is 8. The molecule has 0 fully saturated rings. The topological polar surface area (TPSA) is 79.4 Å². The lowest BCUT2D eigenvalue weighted by Crippen LogP contribution is -2.17. The third-order valence-electron chi connectivity index (χ3n) is 5.19. The second-order valence-corrected chi connectivity index (χ2v) is 7.61. The first-order valence-electron chi connectivity index (χ1n) is 10.8. The van der Waals surface area contributed by atoms with Gasteiger partial charge in [0.2, 0.25) is 0 Å². The molecule has 6 heteroatoms. The lowest BCUT2D eigenvalue weighted by molar-refractivity contribution is 0.0955. The summed E-state index contributed by atoms with van der Waals surface area (Å²) in [5.74, 6) is 0.454. The fourth-order valence-electron chi connectivity index (χ4n) is 3.59. The molecule has 6 nitrogen and oxygen atoms in total. The normalized spacial score (nSPS) is 10.9. The van der Waals surface area contributed by atoms with E-state index in [4.69, 9.17) is 10.00 Å². The first-order chi connectivity index (χ1) is 16.2. The van der Waals surface area contributed by atoms with Gasteiger partial charge in [-0.1, -0.05) is 37.3 Å². The van der Waals surface area contributed by atoms with E-state index in [2.05, 4.69) is 21.2 Å². The van der Waals surface area contributed by atoms with E-state index in [1.807, 2.05) is 55.6 Å². The quantitative estimate of drug-likeness (QED) is 0.308. The number of para-hydroxylation sites is 1. The summed E-state index contributed by atoms with van der Waals surface area (Å²) in [6.45, 7) is 3.32. The average Bonchev–Trinajstić information content (AvgIpc) is 3.20. The van der Waals surface area contributed by atoms with Crippen LogP contribution in [0.25, 0.3) is 10.9 Å². The molecule has 0 aliphatic carbocycles. The van der Waals surface area contributed by atoms with E-state index in [0.29, 0.717) is 24.3 Å². The van der Waals surface area contributed by atoms with Gasteiger partial charge in [-0.2, -0.15) is 10.4 Å². The predicted octanol–water partition coefficient (Wildman–Crippen LogP) is 5.11. The van der Waals surface area contributed by atoms with Crippen LogP contribution in [0.15, 0.2) is 84.1 Å². The molecule has 0 saturated carbocycles. The maximum atomic E-state index is 12.4.